The fraction of sp³-hybridized carbons (Fsp3) is 0.371. The Morgan fingerprint density at radius 3 is 2.00 bits per heavy atom. The fourth-order valence-corrected chi connectivity index (χ4v) is 3.69. The van der Waals surface area contributed by atoms with Crippen molar-refractivity contribution in [3.8, 4) is 11.5 Å². The summed E-state index contributed by atoms with van der Waals surface area (Å²) in [6.45, 7) is 16.3. The van der Waals surface area contributed by atoms with E-state index in [0.717, 1.165) is 52.2 Å². The van der Waals surface area contributed by atoms with Gasteiger partial charge in [0.1, 0.15) is 5.76 Å². The second-order valence-corrected chi connectivity index (χ2v) is 9.75. The fourth-order valence-electron chi connectivity index (χ4n) is 3.69. The SMILES string of the molecule is C=C(/C=C/c1ccc(/C=C/c2cc(C)c(OC(C)CC)c(OC)c2)cc1)/C=C(OC)\C(OC(C)CC)=C(/C)OC. The van der Waals surface area contributed by atoms with Gasteiger partial charge in [0.25, 0.3) is 0 Å². The summed E-state index contributed by atoms with van der Waals surface area (Å²) >= 11 is 0. The molecule has 216 valence electrons. The molecule has 5 nitrogen and oxygen atoms in total. The van der Waals surface area contributed by atoms with E-state index in [1.807, 2.05) is 45.1 Å². The van der Waals surface area contributed by atoms with Gasteiger partial charge in [-0.2, -0.15) is 0 Å². The quantitative estimate of drug-likeness (QED) is 0.127. The second-order valence-electron chi connectivity index (χ2n) is 9.75. The van der Waals surface area contributed by atoms with Crippen LogP contribution in [0.4, 0.5) is 0 Å². The number of hydrogen-bond donors (Lipinski definition) is 0. The molecule has 0 saturated heterocycles. The zero-order chi connectivity index (χ0) is 29.7. The van der Waals surface area contributed by atoms with E-state index in [9.17, 15) is 0 Å². The molecule has 0 N–H and O–H groups in total. The van der Waals surface area contributed by atoms with Gasteiger partial charge in [0, 0.05) is 0 Å². The van der Waals surface area contributed by atoms with E-state index in [1.165, 1.54) is 0 Å². The molecular weight excluding hydrogens is 500 g/mol. The topological polar surface area (TPSA) is 46.2 Å². The standard InChI is InChI=1S/C35H46O5/c1-11-26(5)39-34-25(4)22-31(23-33(34)38-10)20-19-30-17-15-29(16-18-30)14-13-24(3)21-32(37-9)35(28(7)36-8)40-27(6)12-2/h13-23,26-27H,3,11-12H2,1-2,4-10H3/b14-13+,20-19+,32-21+,35-28-. The van der Waals surface area contributed by atoms with E-state index in [1.54, 1.807) is 21.3 Å². The first-order valence-corrected chi connectivity index (χ1v) is 13.8. The highest BCUT2D eigenvalue weighted by Gasteiger charge is 2.16. The molecule has 0 amide bonds. The summed E-state index contributed by atoms with van der Waals surface area (Å²) in [5.41, 5.74) is 5.05. The predicted octanol–water partition coefficient (Wildman–Crippen LogP) is 9.14. The van der Waals surface area contributed by atoms with Crippen LogP contribution in [0.3, 0.4) is 0 Å². The molecule has 2 aromatic carbocycles. The summed E-state index contributed by atoms with van der Waals surface area (Å²) in [6, 6.07) is 12.4. The molecule has 0 aromatic heterocycles. The molecule has 2 unspecified atom stereocenters. The summed E-state index contributed by atoms with van der Waals surface area (Å²) in [4.78, 5) is 0. The maximum Gasteiger partial charge on any atom is 0.199 e. The van der Waals surface area contributed by atoms with Gasteiger partial charge in [0.2, 0.25) is 0 Å². The predicted molar refractivity (Wildman–Crippen MR) is 167 cm³/mol. The van der Waals surface area contributed by atoms with E-state index in [2.05, 4.69) is 69.8 Å². The van der Waals surface area contributed by atoms with E-state index in [4.69, 9.17) is 23.7 Å². The zero-order valence-corrected chi connectivity index (χ0v) is 25.7. The molecule has 2 atom stereocenters. The van der Waals surface area contributed by atoms with Gasteiger partial charge in [-0.1, -0.05) is 69.0 Å². The van der Waals surface area contributed by atoms with Gasteiger partial charge in [0.05, 0.1) is 33.5 Å². The van der Waals surface area contributed by atoms with Crippen LogP contribution in [0.1, 0.15) is 69.7 Å². The molecule has 2 rings (SSSR count). The summed E-state index contributed by atoms with van der Waals surface area (Å²) in [5, 5.41) is 0. The number of rotatable bonds is 15. The van der Waals surface area contributed by atoms with Crippen LogP contribution in [0.25, 0.3) is 18.2 Å². The van der Waals surface area contributed by atoms with Crippen molar-refractivity contribution >= 4 is 18.2 Å². The Kier molecular flexibility index (Phi) is 13.2. The minimum atomic E-state index is 0.0315. The van der Waals surface area contributed by atoms with E-state index < -0.39 is 0 Å². The van der Waals surface area contributed by atoms with Crippen molar-refractivity contribution in [2.24, 2.45) is 0 Å². The van der Waals surface area contributed by atoms with Crippen LogP contribution in [0.15, 0.2) is 78.0 Å². The average Bonchev–Trinajstić information content (AvgIpc) is 2.97. The van der Waals surface area contributed by atoms with Crippen molar-refractivity contribution in [2.75, 3.05) is 21.3 Å². The van der Waals surface area contributed by atoms with Gasteiger partial charge in [0.15, 0.2) is 23.0 Å². The average molecular weight is 547 g/mol. The van der Waals surface area contributed by atoms with Crippen LogP contribution in [-0.2, 0) is 14.2 Å². The Bertz CT molecular complexity index is 1230. The van der Waals surface area contributed by atoms with Crippen molar-refractivity contribution in [3.05, 3.63) is 100 Å². The highest BCUT2D eigenvalue weighted by molar-refractivity contribution is 5.72. The lowest BCUT2D eigenvalue weighted by Crippen LogP contribution is -2.11. The van der Waals surface area contributed by atoms with Gasteiger partial charge >= 0.3 is 0 Å². The third-order valence-electron chi connectivity index (χ3n) is 6.55. The van der Waals surface area contributed by atoms with Crippen LogP contribution in [0, 0.1) is 6.92 Å². The molecule has 2 aromatic rings. The third-order valence-corrected chi connectivity index (χ3v) is 6.55. The molecule has 0 fully saturated rings. The maximum atomic E-state index is 6.08. The number of aryl methyl sites for hydroxylation is 1. The molecule has 0 aliphatic rings. The lowest BCUT2D eigenvalue weighted by molar-refractivity contribution is 0.0950. The normalized spacial score (nSPS) is 14.1. The molecule has 0 aliphatic carbocycles. The Morgan fingerprint density at radius 1 is 0.850 bits per heavy atom. The van der Waals surface area contributed by atoms with Crippen molar-refractivity contribution in [1.82, 2.24) is 0 Å². The zero-order valence-electron chi connectivity index (χ0n) is 25.7. The van der Waals surface area contributed by atoms with Gasteiger partial charge in [-0.25, -0.2) is 0 Å². The van der Waals surface area contributed by atoms with Gasteiger partial charge in [-0.15, -0.1) is 0 Å². The molecule has 0 bridgehead atoms. The molecule has 0 heterocycles. The Morgan fingerprint density at radius 2 is 1.45 bits per heavy atom. The minimum Gasteiger partial charge on any atom is -0.497 e. The van der Waals surface area contributed by atoms with Gasteiger partial charge < -0.3 is 23.7 Å². The van der Waals surface area contributed by atoms with Crippen molar-refractivity contribution in [3.63, 3.8) is 0 Å². The van der Waals surface area contributed by atoms with E-state index in [0.29, 0.717) is 17.3 Å². The van der Waals surface area contributed by atoms with Crippen molar-refractivity contribution < 1.29 is 23.7 Å². The molecule has 0 radical (unpaired) electrons. The van der Waals surface area contributed by atoms with Crippen LogP contribution < -0.4 is 9.47 Å². The van der Waals surface area contributed by atoms with Crippen LogP contribution >= 0.6 is 0 Å². The molecule has 0 spiro atoms. The lowest BCUT2D eigenvalue weighted by Gasteiger charge is -2.19. The Hall–Kier alpha value is -3.86. The molecule has 0 saturated carbocycles. The van der Waals surface area contributed by atoms with E-state index >= 15 is 0 Å². The number of allylic oxidation sites excluding steroid dienone is 4. The first-order chi connectivity index (χ1) is 19.1. The molecular formula is C35H46O5. The number of methoxy groups -OCH3 is 3. The number of hydrogen-bond acceptors (Lipinski definition) is 5. The Balaban J connectivity index is 2.15. The highest BCUT2D eigenvalue weighted by atomic mass is 16.5. The highest BCUT2D eigenvalue weighted by Crippen LogP contribution is 2.34. The van der Waals surface area contributed by atoms with Crippen molar-refractivity contribution in [1.29, 1.82) is 0 Å². The van der Waals surface area contributed by atoms with Crippen LogP contribution in [-0.4, -0.2) is 33.5 Å². The lowest BCUT2D eigenvalue weighted by atomic mass is 10.1. The minimum absolute atomic E-state index is 0.0315. The molecule has 5 heteroatoms. The maximum absolute atomic E-state index is 6.08. The first-order valence-electron chi connectivity index (χ1n) is 13.8. The number of benzene rings is 2. The summed E-state index contributed by atoms with van der Waals surface area (Å²) < 4.78 is 28.8. The van der Waals surface area contributed by atoms with Gasteiger partial charge in [-0.3, -0.25) is 0 Å². The second kappa shape index (κ2) is 16.3. The summed E-state index contributed by atoms with van der Waals surface area (Å²) in [7, 11) is 4.91. The third kappa shape index (κ3) is 9.71. The van der Waals surface area contributed by atoms with E-state index in [-0.39, 0.29) is 12.2 Å². The molecule has 0 aliphatic heterocycles. The smallest absolute Gasteiger partial charge is 0.199 e. The monoisotopic (exact) mass is 546 g/mol. The summed E-state index contributed by atoms with van der Waals surface area (Å²) in [6.07, 6.45) is 12.0. The van der Waals surface area contributed by atoms with Crippen LogP contribution in [0.2, 0.25) is 0 Å². The first kappa shape index (κ1) is 32.4. The number of ether oxygens (including phenoxy) is 5. The largest absolute Gasteiger partial charge is 0.497 e. The van der Waals surface area contributed by atoms with Gasteiger partial charge in [-0.05, 0) is 86.6 Å². The Labute approximate surface area is 241 Å². The summed E-state index contributed by atoms with van der Waals surface area (Å²) in [5.74, 6) is 3.36. The van der Waals surface area contributed by atoms with Crippen LogP contribution in [0.5, 0.6) is 11.5 Å². The molecule has 40 heavy (non-hydrogen) atoms. The van der Waals surface area contributed by atoms with Crippen molar-refractivity contribution in [2.45, 2.75) is 66.6 Å².